The van der Waals surface area contributed by atoms with Crippen LogP contribution in [0.1, 0.15) is 122 Å². The second kappa shape index (κ2) is 21.1. The van der Waals surface area contributed by atoms with Gasteiger partial charge in [-0.05, 0) is 75.6 Å². The van der Waals surface area contributed by atoms with Crippen molar-refractivity contribution in [3.8, 4) is 0 Å². The molecule has 1 aliphatic rings. The van der Waals surface area contributed by atoms with Crippen molar-refractivity contribution in [1.29, 1.82) is 0 Å². The standard InChI is InChI=1S/C29H37FN4O4.C6H14.C2H6/c1-6-22(9-8-20(3)21(4)30)26-24(18-31-32-26)19-33(7-2)16-14-29(5)15-17-34(28(37)38-29)25-12-10-23(11-13-25)27(35)36;1-3-5-6-4-2;1-2/h6,9-13,18H,1,7-8,14-17,19H2,2-5H3,(H,31,32)(H,35,36);3-6H2,1-2H3;1-2H3/b21-20+,22-9?;;. The largest absolute Gasteiger partial charge is 0.478 e. The van der Waals surface area contributed by atoms with Gasteiger partial charge in [-0.1, -0.05) is 79.0 Å². The maximum Gasteiger partial charge on any atom is 0.414 e. The summed E-state index contributed by atoms with van der Waals surface area (Å²) in [7, 11) is 0. The van der Waals surface area contributed by atoms with E-state index in [1.807, 2.05) is 26.8 Å². The number of rotatable bonds is 15. The Kier molecular flexibility index (Phi) is 18.5. The summed E-state index contributed by atoms with van der Waals surface area (Å²) in [4.78, 5) is 27.7. The number of carboxylic acid groups (broad SMARTS) is 1. The molecule has 0 saturated carbocycles. The molecule has 3 rings (SSSR count). The number of carboxylic acids is 1. The fourth-order valence-corrected chi connectivity index (χ4v) is 4.81. The van der Waals surface area contributed by atoms with Crippen molar-refractivity contribution in [3.63, 3.8) is 0 Å². The lowest BCUT2D eigenvalue weighted by atomic mass is 9.95. The van der Waals surface area contributed by atoms with Crippen molar-refractivity contribution >= 4 is 23.3 Å². The maximum atomic E-state index is 13.5. The molecule has 8 nitrogen and oxygen atoms in total. The highest BCUT2D eigenvalue weighted by atomic mass is 19.1. The molecule has 46 heavy (non-hydrogen) atoms. The molecule has 0 bridgehead atoms. The van der Waals surface area contributed by atoms with Gasteiger partial charge < -0.3 is 9.84 Å². The summed E-state index contributed by atoms with van der Waals surface area (Å²) in [6.45, 7) is 22.3. The van der Waals surface area contributed by atoms with Gasteiger partial charge in [0.15, 0.2) is 0 Å². The molecule has 2 aromatic rings. The number of aromatic carboxylic acids is 1. The summed E-state index contributed by atoms with van der Waals surface area (Å²) < 4.78 is 19.3. The molecule has 0 aliphatic carbocycles. The lowest BCUT2D eigenvalue weighted by Crippen LogP contribution is -2.49. The molecule has 1 atom stereocenters. The molecule has 2 heterocycles. The Hall–Kier alpha value is -3.72. The van der Waals surface area contributed by atoms with E-state index < -0.39 is 17.7 Å². The molecule has 1 amide bonds. The summed E-state index contributed by atoms with van der Waals surface area (Å²) >= 11 is 0. The highest BCUT2D eigenvalue weighted by Gasteiger charge is 2.37. The fraction of sp³-hybridized carbons (Fsp3) is 0.541. The number of amides is 1. The Morgan fingerprint density at radius 1 is 1.17 bits per heavy atom. The quantitative estimate of drug-likeness (QED) is 0.148. The number of halogens is 1. The number of benzene rings is 1. The van der Waals surface area contributed by atoms with Crippen LogP contribution in [-0.4, -0.2) is 57.5 Å². The SMILES string of the molecule is C=CC(=CC/C(C)=C(\C)F)c1[nH]ncc1CN(CC)CCC1(C)CCN(c2ccc(C(=O)O)cc2)C(=O)O1.CC.CCCCCC. The van der Waals surface area contributed by atoms with Gasteiger partial charge in [-0.2, -0.15) is 5.10 Å². The smallest absolute Gasteiger partial charge is 0.414 e. The molecule has 1 aliphatic heterocycles. The number of H-pyrrole nitrogens is 1. The third kappa shape index (κ3) is 12.9. The van der Waals surface area contributed by atoms with E-state index >= 15 is 0 Å². The van der Waals surface area contributed by atoms with E-state index in [4.69, 9.17) is 9.84 Å². The molecule has 1 saturated heterocycles. The molecule has 1 unspecified atom stereocenters. The maximum absolute atomic E-state index is 13.5. The first kappa shape index (κ1) is 40.3. The first-order valence-corrected chi connectivity index (χ1v) is 16.7. The second-order valence-electron chi connectivity index (χ2n) is 11.5. The molecule has 9 heteroatoms. The minimum absolute atomic E-state index is 0.168. The summed E-state index contributed by atoms with van der Waals surface area (Å²) in [5.74, 6) is -1.19. The van der Waals surface area contributed by atoms with Crippen LogP contribution in [0.5, 0.6) is 0 Å². The average molecular weight is 641 g/mol. The zero-order chi connectivity index (χ0) is 34.7. The van der Waals surface area contributed by atoms with Gasteiger partial charge in [-0.15, -0.1) is 0 Å². The van der Waals surface area contributed by atoms with Gasteiger partial charge in [0.1, 0.15) is 5.60 Å². The number of nitrogens with zero attached hydrogens (tertiary/aromatic N) is 3. The van der Waals surface area contributed by atoms with E-state index in [9.17, 15) is 14.0 Å². The van der Waals surface area contributed by atoms with Gasteiger partial charge in [0, 0.05) is 37.3 Å². The zero-order valence-electron chi connectivity index (χ0n) is 29.4. The van der Waals surface area contributed by atoms with Crippen molar-refractivity contribution < 1.29 is 23.8 Å². The summed E-state index contributed by atoms with van der Waals surface area (Å²) in [5.41, 5.74) is 3.60. The van der Waals surface area contributed by atoms with E-state index in [1.165, 1.54) is 49.6 Å². The first-order chi connectivity index (χ1) is 22.0. The molecule has 0 spiro atoms. The Morgan fingerprint density at radius 3 is 2.30 bits per heavy atom. The molecular weight excluding hydrogens is 583 g/mol. The van der Waals surface area contributed by atoms with Crippen molar-refractivity contribution in [1.82, 2.24) is 15.1 Å². The van der Waals surface area contributed by atoms with Crippen LogP contribution >= 0.6 is 0 Å². The number of anilines is 1. The third-order valence-electron chi connectivity index (χ3n) is 8.04. The van der Waals surface area contributed by atoms with Crippen LogP contribution in [0.4, 0.5) is 14.9 Å². The Balaban J connectivity index is 0.00000118. The Labute approximate surface area is 276 Å². The monoisotopic (exact) mass is 640 g/mol. The van der Waals surface area contributed by atoms with Crippen LogP contribution < -0.4 is 4.90 Å². The number of carbonyl (C=O) groups is 2. The Bertz CT molecular complexity index is 1280. The number of hydrogen-bond donors (Lipinski definition) is 2. The van der Waals surface area contributed by atoms with Gasteiger partial charge in [-0.25, -0.2) is 14.0 Å². The lowest BCUT2D eigenvalue weighted by molar-refractivity contribution is -0.00363. The highest BCUT2D eigenvalue weighted by Crippen LogP contribution is 2.31. The summed E-state index contributed by atoms with van der Waals surface area (Å²) in [5, 5.41) is 16.4. The number of cyclic esters (lactones) is 1. The number of aromatic amines is 1. The van der Waals surface area contributed by atoms with Crippen molar-refractivity contribution in [3.05, 3.63) is 77.4 Å². The first-order valence-electron chi connectivity index (χ1n) is 16.7. The predicted octanol–water partition coefficient (Wildman–Crippen LogP) is 9.96. The fourth-order valence-electron chi connectivity index (χ4n) is 4.81. The number of nitrogens with one attached hydrogen (secondary N) is 1. The molecule has 2 N–H and O–H groups in total. The van der Waals surface area contributed by atoms with Gasteiger partial charge >= 0.3 is 12.1 Å². The van der Waals surface area contributed by atoms with Crippen LogP contribution in [0.25, 0.3) is 5.57 Å². The van der Waals surface area contributed by atoms with Crippen molar-refractivity contribution in [2.45, 2.75) is 112 Å². The Morgan fingerprint density at radius 2 is 1.80 bits per heavy atom. The molecule has 1 aromatic carbocycles. The molecule has 0 radical (unpaired) electrons. The van der Waals surface area contributed by atoms with Crippen molar-refractivity contribution in [2.75, 3.05) is 24.5 Å². The normalized spacial score (nSPS) is 16.9. The van der Waals surface area contributed by atoms with E-state index in [2.05, 4.69) is 42.4 Å². The van der Waals surface area contributed by atoms with E-state index in [0.717, 1.165) is 23.4 Å². The zero-order valence-corrected chi connectivity index (χ0v) is 29.4. The number of unbranched alkanes of at least 4 members (excludes halogenated alkanes) is 3. The predicted molar refractivity (Wildman–Crippen MR) is 188 cm³/mol. The van der Waals surface area contributed by atoms with Crippen LogP contribution in [-0.2, 0) is 11.3 Å². The van der Waals surface area contributed by atoms with Crippen molar-refractivity contribution in [2.24, 2.45) is 0 Å². The minimum atomic E-state index is -1.01. The number of hydrogen-bond acceptors (Lipinski definition) is 5. The summed E-state index contributed by atoms with van der Waals surface area (Å²) in [6.07, 6.45) is 12.4. The lowest BCUT2D eigenvalue weighted by Gasteiger charge is -2.40. The molecule has 1 aromatic heterocycles. The van der Waals surface area contributed by atoms with Gasteiger partial charge in [-0.3, -0.25) is 14.9 Å². The minimum Gasteiger partial charge on any atom is -0.478 e. The third-order valence-corrected chi connectivity index (χ3v) is 8.04. The average Bonchev–Trinajstić information content (AvgIpc) is 3.51. The number of ether oxygens (including phenoxy) is 1. The number of carbonyl (C=O) groups excluding carboxylic acids is 1. The van der Waals surface area contributed by atoms with E-state index in [-0.39, 0.29) is 11.4 Å². The van der Waals surface area contributed by atoms with Crippen LogP contribution in [0.15, 0.2) is 60.6 Å². The van der Waals surface area contributed by atoms with E-state index in [0.29, 0.717) is 50.2 Å². The van der Waals surface area contributed by atoms with Gasteiger partial charge in [0.2, 0.25) is 0 Å². The van der Waals surface area contributed by atoms with Gasteiger partial charge in [0.25, 0.3) is 0 Å². The van der Waals surface area contributed by atoms with Crippen LogP contribution in [0.2, 0.25) is 0 Å². The molecular formula is C37H57FN4O4. The second-order valence-corrected chi connectivity index (χ2v) is 11.5. The number of allylic oxidation sites excluding steroid dienone is 5. The van der Waals surface area contributed by atoms with Crippen LogP contribution in [0, 0.1) is 0 Å². The topological polar surface area (TPSA) is 98.8 Å². The molecule has 256 valence electrons. The van der Waals surface area contributed by atoms with Gasteiger partial charge in [0.05, 0.1) is 23.3 Å². The van der Waals surface area contributed by atoms with Crippen LogP contribution in [0.3, 0.4) is 0 Å². The highest BCUT2D eigenvalue weighted by molar-refractivity contribution is 5.91. The number of aromatic nitrogens is 2. The molecule has 1 fully saturated rings. The summed E-state index contributed by atoms with van der Waals surface area (Å²) in [6, 6.07) is 6.21. The van der Waals surface area contributed by atoms with E-state index in [1.54, 1.807) is 31.3 Å².